The lowest BCUT2D eigenvalue weighted by atomic mass is 9.94. The zero-order chi connectivity index (χ0) is 23.3. The molecule has 0 aromatic rings. The minimum atomic E-state index is -0.379. The van der Waals surface area contributed by atoms with Crippen molar-refractivity contribution in [1.29, 1.82) is 0 Å². The van der Waals surface area contributed by atoms with Crippen molar-refractivity contribution in [2.45, 2.75) is 102 Å². The molecule has 0 aromatic heterocycles. The van der Waals surface area contributed by atoms with Gasteiger partial charge >= 0.3 is 0 Å². The molecule has 0 aromatic carbocycles. The van der Waals surface area contributed by atoms with Gasteiger partial charge in [0.2, 0.25) is 17.7 Å². The molecule has 0 saturated heterocycles. The molecule has 0 spiro atoms. The van der Waals surface area contributed by atoms with Crippen molar-refractivity contribution in [3.05, 3.63) is 0 Å². The summed E-state index contributed by atoms with van der Waals surface area (Å²) in [5.74, 6) is -0.204. The Balaban J connectivity index is 1.89. The van der Waals surface area contributed by atoms with Gasteiger partial charge in [-0.05, 0) is 45.1 Å². The average Bonchev–Trinajstić information content (AvgIpc) is 2.83. The van der Waals surface area contributed by atoms with Crippen molar-refractivity contribution in [3.8, 4) is 0 Å². The van der Waals surface area contributed by atoms with Gasteiger partial charge in [-0.1, -0.05) is 44.9 Å². The van der Waals surface area contributed by atoms with Gasteiger partial charge in [0.25, 0.3) is 0 Å². The topological polar surface area (TPSA) is 93.2 Å². The van der Waals surface area contributed by atoms with Crippen LogP contribution in [0.3, 0.4) is 0 Å². The Morgan fingerprint density at radius 3 is 1.66 bits per heavy atom. The molecule has 0 unspecified atom stereocenters. The van der Waals surface area contributed by atoms with Crippen LogP contribution in [-0.4, -0.2) is 83.4 Å². The maximum absolute atomic E-state index is 13.0. The third-order valence-corrected chi connectivity index (χ3v) is 7.25. The summed E-state index contributed by atoms with van der Waals surface area (Å²) in [5.41, 5.74) is 1.65. The van der Waals surface area contributed by atoms with Crippen LogP contribution in [0, 0.1) is 0 Å². The number of nitrogens with one attached hydrogen (secondary N) is 1. The van der Waals surface area contributed by atoms with Gasteiger partial charge in [0, 0.05) is 32.6 Å². The number of rotatable bonds is 12. The van der Waals surface area contributed by atoms with E-state index in [0.717, 1.165) is 38.5 Å². The van der Waals surface area contributed by atoms with Crippen molar-refractivity contribution >= 4 is 17.7 Å². The minimum Gasteiger partial charge on any atom is -0.342 e. The zero-order valence-electron chi connectivity index (χ0n) is 20.2. The summed E-state index contributed by atoms with van der Waals surface area (Å²) in [7, 11) is 3.81. The lowest BCUT2D eigenvalue weighted by Crippen LogP contribution is -2.48. The third-order valence-electron chi connectivity index (χ3n) is 7.25. The Bertz CT molecular complexity index is 551. The monoisotopic (exact) mass is 452 g/mol. The van der Waals surface area contributed by atoms with E-state index in [1.807, 2.05) is 28.8 Å². The molecule has 2 N–H and O–H groups in total. The summed E-state index contributed by atoms with van der Waals surface area (Å²) in [6, 6.07) is 0.631. The standard InChI is InChI=1S/C24H44N4O4/c1-26(20-12-6-3-7-13-20)23(30)18-28(17-11-5-10-16-22(29)25-32)19-24(31)27(2)21-14-8-4-9-15-21/h20-21,32H,3-19H2,1-2H3,(H,25,29). The van der Waals surface area contributed by atoms with E-state index in [0.29, 0.717) is 25.0 Å². The minimum absolute atomic E-state index is 0.0877. The van der Waals surface area contributed by atoms with E-state index in [2.05, 4.69) is 0 Å². The number of carbonyl (C=O) groups is 3. The Hall–Kier alpha value is -1.67. The van der Waals surface area contributed by atoms with Crippen molar-refractivity contribution in [2.24, 2.45) is 0 Å². The Kier molecular flexibility index (Phi) is 12.0. The highest BCUT2D eigenvalue weighted by atomic mass is 16.5. The molecule has 0 atom stereocenters. The van der Waals surface area contributed by atoms with Gasteiger partial charge in [-0.25, -0.2) is 5.48 Å². The molecule has 32 heavy (non-hydrogen) atoms. The lowest BCUT2D eigenvalue weighted by molar-refractivity contribution is -0.137. The summed E-state index contributed by atoms with van der Waals surface area (Å²) in [5, 5.41) is 8.60. The maximum Gasteiger partial charge on any atom is 0.243 e. The molecule has 2 saturated carbocycles. The van der Waals surface area contributed by atoms with E-state index in [1.165, 1.54) is 38.5 Å². The van der Waals surface area contributed by atoms with E-state index in [-0.39, 0.29) is 37.2 Å². The summed E-state index contributed by atoms with van der Waals surface area (Å²) in [4.78, 5) is 43.0. The second-order valence-corrected chi connectivity index (χ2v) is 9.65. The number of hydrogen-bond acceptors (Lipinski definition) is 5. The Labute approximate surface area is 193 Å². The number of nitrogens with zero attached hydrogens (tertiary/aromatic N) is 3. The molecule has 0 aliphatic heterocycles. The van der Waals surface area contributed by atoms with Gasteiger partial charge in [0.05, 0.1) is 13.1 Å². The first-order valence-electron chi connectivity index (χ1n) is 12.6. The Morgan fingerprint density at radius 2 is 1.22 bits per heavy atom. The van der Waals surface area contributed by atoms with Crippen LogP contribution >= 0.6 is 0 Å². The third kappa shape index (κ3) is 9.06. The van der Waals surface area contributed by atoms with E-state index in [4.69, 9.17) is 5.21 Å². The second-order valence-electron chi connectivity index (χ2n) is 9.65. The predicted molar refractivity (Wildman–Crippen MR) is 124 cm³/mol. The van der Waals surface area contributed by atoms with Crippen LogP contribution < -0.4 is 5.48 Å². The molecule has 2 rings (SSSR count). The van der Waals surface area contributed by atoms with Gasteiger partial charge in [0.15, 0.2) is 0 Å². The molecule has 2 aliphatic rings. The summed E-state index contributed by atoms with van der Waals surface area (Å²) in [6.07, 6.45) is 14.1. The van der Waals surface area contributed by atoms with Crippen molar-refractivity contribution < 1.29 is 19.6 Å². The molecule has 184 valence electrons. The van der Waals surface area contributed by atoms with Crippen molar-refractivity contribution in [3.63, 3.8) is 0 Å². The van der Waals surface area contributed by atoms with Crippen molar-refractivity contribution in [1.82, 2.24) is 20.2 Å². The lowest BCUT2D eigenvalue weighted by Gasteiger charge is -2.35. The van der Waals surface area contributed by atoms with Crippen molar-refractivity contribution in [2.75, 3.05) is 33.7 Å². The van der Waals surface area contributed by atoms with Crippen LogP contribution in [-0.2, 0) is 14.4 Å². The van der Waals surface area contributed by atoms with Gasteiger partial charge in [-0.15, -0.1) is 0 Å². The largest absolute Gasteiger partial charge is 0.342 e. The summed E-state index contributed by atoms with van der Waals surface area (Å²) in [6.45, 7) is 1.16. The van der Waals surface area contributed by atoms with Crippen LogP contribution in [0.2, 0.25) is 0 Å². The molecule has 0 radical (unpaired) electrons. The van der Waals surface area contributed by atoms with E-state index >= 15 is 0 Å². The highest BCUT2D eigenvalue weighted by molar-refractivity contribution is 5.81. The van der Waals surface area contributed by atoms with E-state index < -0.39 is 0 Å². The highest BCUT2D eigenvalue weighted by Gasteiger charge is 2.27. The fourth-order valence-corrected chi connectivity index (χ4v) is 5.02. The van der Waals surface area contributed by atoms with Gasteiger partial charge < -0.3 is 9.80 Å². The molecule has 0 heterocycles. The number of carbonyl (C=O) groups excluding carboxylic acids is 3. The molecule has 3 amide bonds. The summed E-state index contributed by atoms with van der Waals surface area (Å²) >= 11 is 0. The average molecular weight is 453 g/mol. The first-order valence-corrected chi connectivity index (χ1v) is 12.6. The van der Waals surface area contributed by atoms with Crippen LogP contribution in [0.15, 0.2) is 0 Å². The number of unbranched alkanes of at least 4 members (excludes halogenated alkanes) is 2. The second kappa shape index (κ2) is 14.5. The Morgan fingerprint density at radius 1 is 0.750 bits per heavy atom. The van der Waals surface area contributed by atoms with Crippen LogP contribution in [0.25, 0.3) is 0 Å². The van der Waals surface area contributed by atoms with E-state index in [9.17, 15) is 14.4 Å². The molecule has 2 aliphatic carbocycles. The van der Waals surface area contributed by atoms with E-state index in [1.54, 1.807) is 5.48 Å². The molecule has 2 fully saturated rings. The number of hydrogen-bond donors (Lipinski definition) is 2. The normalized spacial score (nSPS) is 17.9. The maximum atomic E-state index is 13.0. The number of likely N-dealkylation sites (N-methyl/N-ethyl adjacent to an activating group) is 2. The molecule has 8 nitrogen and oxygen atoms in total. The highest BCUT2D eigenvalue weighted by Crippen LogP contribution is 2.23. The predicted octanol–water partition coefficient (Wildman–Crippen LogP) is 2.94. The first kappa shape index (κ1) is 26.6. The zero-order valence-corrected chi connectivity index (χ0v) is 20.2. The van der Waals surface area contributed by atoms with Crippen LogP contribution in [0.4, 0.5) is 0 Å². The van der Waals surface area contributed by atoms with Crippen LogP contribution in [0.1, 0.15) is 89.9 Å². The summed E-state index contributed by atoms with van der Waals surface area (Å²) < 4.78 is 0. The molecule has 8 heteroatoms. The number of amides is 3. The fraction of sp³-hybridized carbons (Fsp3) is 0.875. The number of hydroxylamine groups is 1. The smallest absolute Gasteiger partial charge is 0.243 e. The quantitative estimate of drug-likeness (QED) is 0.270. The molecular formula is C24H44N4O4. The van der Waals surface area contributed by atoms with Gasteiger partial charge in [-0.2, -0.15) is 0 Å². The van der Waals surface area contributed by atoms with Gasteiger partial charge in [0.1, 0.15) is 0 Å². The van der Waals surface area contributed by atoms with Gasteiger partial charge in [-0.3, -0.25) is 24.5 Å². The molecule has 0 bridgehead atoms. The molecular weight excluding hydrogens is 408 g/mol. The van der Waals surface area contributed by atoms with Crippen LogP contribution in [0.5, 0.6) is 0 Å². The SMILES string of the molecule is CN(C(=O)CN(CCCCCC(=O)NO)CC(=O)N(C)C1CCCCC1)C1CCCCC1. The first-order chi connectivity index (χ1) is 15.4. The fourth-order valence-electron chi connectivity index (χ4n) is 5.02.